The van der Waals surface area contributed by atoms with Gasteiger partial charge in [0.05, 0.1) is 18.5 Å². The Hall–Kier alpha value is -1.24. The Morgan fingerprint density at radius 3 is 2.86 bits per heavy atom. The second-order valence-electron chi connectivity index (χ2n) is 5.97. The maximum Gasteiger partial charge on any atom is 0.146 e. The van der Waals surface area contributed by atoms with Gasteiger partial charge in [-0.1, -0.05) is 6.92 Å². The molecule has 6 heteroatoms. The molecule has 2 aromatic rings. The molecule has 2 unspecified atom stereocenters. The van der Waals surface area contributed by atoms with Gasteiger partial charge in [-0.3, -0.25) is 4.90 Å². The van der Waals surface area contributed by atoms with Gasteiger partial charge in [0.15, 0.2) is 0 Å². The summed E-state index contributed by atoms with van der Waals surface area (Å²) in [6, 6.07) is 0.206. The molecular weight excluding hydrogens is 284 g/mol. The number of nitrogens with two attached hydrogens (primary N) is 1. The number of nitrogen functional groups attached to an aromatic ring is 1. The van der Waals surface area contributed by atoms with Crippen LogP contribution in [0.1, 0.15) is 29.6 Å². The summed E-state index contributed by atoms with van der Waals surface area (Å²) < 4.78 is 0. The molecule has 0 aromatic carbocycles. The minimum Gasteiger partial charge on any atom is -0.395 e. The number of hydrogen-bond acceptors (Lipinski definition) is 6. The van der Waals surface area contributed by atoms with Gasteiger partial charge >= 0.3 is 0 Å². The van der Waals surface area contributed by atoms with Crippen LogP contribution in [-0.4, -0.2) is 39.2 Å². The van der Waals surface area contributed by atoms with E-state index in [9.17, 15) is 5.11 Å². The van der Waals surface area contributed by atoms with Gasteiger partial charge in [-0.25, -0.2) is 9.97 Å². The number of aryl methyl sites for hydroxylation is 2. The van der Waals surface area contributed by atoms with Crippen LogP contribution < -0.4 is 5.73 Å². The van der Waals surface area contributed by atoms with Crippen molar-refractivity contribution in [3.8, 4) is 0 Å². The van der Waals surface area contributed by atoms with Crippen molar-refractivity contribution < 1.29 is 5.11 Å². The molecule has 0 aliphatic carbocycles. The third-order valence-corrected chi connectivity index (χ3v) is 5.73. The van der Waals surface area contributed by atoms with Crippen molar-refractivity contribution >= 4 is 27.4 Å². The summed E-state index contributed by atoms with van der Waals surface area (Å²) in [4.78, 5) is 13.6. The fourth-order valence-electron chi connectivity index (χ4n) is 3.16. The van der Waals surface area contributed by atoms with Gasteiger partial charge in [0, 0.05) is 10.9 Å². The van der Waals surface area contributed by atoms with Crippen LogP contribution in [0.2, 0.25) is 0 Å². The predicted octanol–water partition coefficient (Wildman–Crippen LogP) is 2.09. The standard InChI is InChI=1S/C15H22N4OS/c1-8-4-5-19(11(8)7-20)6-12-17-14(16)13-9(2)10(3)21-15(13)18-12/h8,11,20H,4-7H2,1-3H3,(H2,16,17,18). The molecule has 0 spiro atoms. The number of nitrogens with zero attached hydrogens (tertiary/aromatic N) is 3. The zero-order valence-corrected chi connectivity index (χ0v) is 13.6. The summed E-state index contributed by atoms with van der Waals surface area (Å²) >= 11 is 1.67. The fraction of sp³-hybridized carbons (Fsp3) is 0.600. The first-order valence-corrected chi connectivity index (χ1v) is 8.20. The molecule has 2 atom stereocenters. The Morgan fingerprint density at radius 1 is 1.38 bits per heavy atom. The summed E-state index contributed by atoms with van der Waals surface area (Å²) in [6.07, 6.45) is 1.11. The van der Waals surface area contributed by atoms with E-state index < -0.39 is 0 Å². The molecular formula is C15H22N4OS. The van der Waals surface area contributed by atoms with Crippen LogP contribution in [-0.2, 0) is 6.54 Å². The minimum absolute atomic E-state index is 0.191. The molecule has 0 amide bonds. The van der Waals surface area contributed by atoms with Crippen LogP contribution in [0.3, 0.4) is 0 Å². The van der Waals surface area contributed by atoms with E-state index in [0.717, 1.165) is 29.0 Å². The molecule has 3 rings (SSSR count). The van der Waals surface area contributed by atoms with Crippen molar-refractivity contribution in [2.24, 2.45) is 5.92 Å². The van der Waals surface area contributed by atoms with E-state index >= 15 is 0 Å². The van der Waals surface area contributed by atoms with Crippen molar-refractivity contribution in [3.63, 3.8) is 0 Å². The van der Waals surface area contributed by atoms with Gasteiger partial charge in [-0.05, 0) is 38.3 Å². The van der Waals surface area contributed by atoms with Gasteiger partial charge in [0.25, 0.3) is 0 Å². The van der Waals surface area contributed by atoms with Crippen LogP contribution in [0.4, 0.5) is 5.82 Å². The fourth-order valence-corrected chi connectivity index (χ4v) is 4.21. The van der Waals surface area contributed by atoms with Crippen LogP contribution in [0.25, 0.3) is 10.2 Å². The number of aromatic nitrogens is 2. The number of hydrogen-bond donors (Lipinski definition) is 2. The first-order chi connectivity index (χ1) is 10.0. The number of fused-ring (bicyclic) bond motifs is 1. The van der Waals surface area contributed by atoms with E-state index in [2.05, 4.69) is 35.6 Å². The maximum atomic E-state index is 9.55. The van der Waals surface area contributed by atoms with E-state index in [1.165, 1.54) is 10.4 Å². The Balaban J connectivity index is 1.91. The molecule has 0 saturated carbocycles. The van der Waals surface area contributed by atoms with Crippen molar-refractivity contribution in [1.82, 2.24) is 14.9 Å². The quantitative estimate of drug-likeness (QED) is 0.908. The van der Waals surface area contributed by atoms with Crippen molar-refractivity contribution in [1.29, 1.82) is 0 Å². The van der Waals surface area contributed by atoms with Gasteiger partial charge in [-0.2, -0.15) is 0 Å². The van der Waals surface area contributed by atoms with E-state index in [1.807, 2.05) is 0 Å². The molecule has 0 bridgehead atoms. The number of aliphatic hydroxyl groups is 1. The summed E-state index contributed by atoms with van der Waals surface area (Å²) in [5.41, 5.74) is 7.31. The largest absolute Gasteiger partial charge is 0.395 e. The second-order valence-corrected chi connectivity index (χ2v) is 7.18. The number of likely N-dealkylation sites (tertiary alicyclic amines) is 1. The molecule has 5 nitrogen and oxygen atoms in total. The average molecular weight is 306 g/mol. The number of thiophene rings is 1. The Morgan fingerprint density at radius 2 is 2.14 bits per heavy atom. The molecule has 0 radical (unpaired) electrons. The van der Waals surface area contributed by atoms with Crippen LogP contribution in [0.15, 0.2) is 0 Å². The second kappa shape index (κ2) is 5.51. The predicted molar refractivity (Wildman–Crippen MR) is 86.4 cm³/mol. The normalized spacial score (nSPS) is 23.2. The Labute approximate surface area is 128 Å². The number of aliphatic hydroxyl groups excluding tert-OH is 1. The monoisotopic (exact) mass is 306 g/mol. The van der Waals surface area contributed by atoms with E-state index in [0.29, 0.717) is 18.3 Å². The smallest absolute Gasteiger partial charge is 0.146 e. The zero-order valence-electron chi connectivity index (χ0n) is 12.8. The summed E-state index contributed by atoms with van der Waals surface area (Å²) in [5, 5.41) is 10.5. The summed E-state index contributed by atoms with van der Waals surface area (Å²) in [5.74, 6) is 1.85. The molecule has 2 aromatic heterocycles. The van der Waals surface area contributed by atoms with Crippen molar-refractivity contribution in [2.45, 2.75) is 39.8 Å². The molecule has 3 N–H and O–H groups in total. The topological polar surface area (TPSA) is 75.3 Å². The van der Waals surface area contributed by atoms with Crippen molar-refractivity contribution in [3.05, 3.63) is 16.3 Å². The zero-order chi connectivity index (χ0) is 15.1. The highest BCUT2D eigenvalue weighted by molar-refractivity contribution is 7.18. The maximum absolute atomic E-state index is 9.55. The van der Waals surface area contributed by atoms with Crippen LogP contribution >= 0.6 is 11.3 Å². The summed E-state index contributed by atoms with van der Waals surface area (Å²) in [7, 11) is 0. The highest BCUT2D eigenvalue weighted by Gasteiger charge is 2.31. The van der Waals surface area contributed by atoms with Crippen LogP contribution in [0, 0.1) is 19.8 Å². The highest BCUT2D eigenvalue weighted by Crippen LogP contribution is 2.32. The SMILES string of the molecule is Cc1sc2nc(CN3CCC(C)C3CO)nc(N)c2c1C. The number of rotatable bonds is 3. The first-order valence-electron chi connectivity index (χ1n) is 7.38. The van der Waals surface area contributed by atoms with Gasteiger partial charge in [-0.15, -0.1) is 11.3 Å². The first kappa shape index (κ1) is 14.7. The lowest BCUT2D eigenvalue weighted by molar-refractivity contribution is 0.132. The molecule has 1 fully saturated rings. The molecule has 21 heavy (non-hydrogen) atoms. The van der Waals surface area contributed by atoms with E-state index in [1.54, 1.807) is 11.3 Å². The van der Waals surface area contributed by atoms with Crippen molar-refractivity contribution in [2.75, 3.05) is 18.9 Å². The van der Waals surface area contributed by atoms with Gasteiger partial charge in [0.1, 0.15) is 16.5 Å². The third kappa shape index (κ3) is 2.52. The summed E-state index contributed by atoms with van der Waals surface area (Å²) in [6.45, 7) is 8.17. The Bertz CT molecular complexity index is 669. The molecule has 1 saturated heterocycles. The van der Waals surface area contributed by atoms with Gasteiger partial charge < -0.3 is 10.8 Å². The lowest BCUT2D eigenvalue weighted by Crippen LogP contribution is -2.35. The average Bonchev–Trinajstić information content (AvgIpc) is 2.91. The van der Waals surface area contributed by atoms with Crippen LogP contribution in [0.5, 0.6) is 0 Å². The van der Waals surface area contributed by atoms with Gasteiger partial charge in [0.2, 0.25) is 0 Å². The Kier molecular flexibility index (Phi) is 3.86. The van der Waals surface area contributed by atoms with E-state index in [4.69, 9.17) is 5.73 Å². The lowest BCUT2D eigenvalue weighted by Gasteiger charge is -2.24. The highest BCUT2D eigenvalue weighted by atomic mass is 32.1. The minimum atomic E-state index is 0.191. The lowest BCUT2D eigenvalue weighted by atomic mass is 10.0. The number of anilines is 1. The third-order valence-electron chi connectivity index (χ3n) is 4.63. The molecule has 1 aliphatic rings. The molecule has 114 valence electrons. The molecule has 1 aliphatic heterocycles. The van der Waals surface area contributed by atoms with E-state index in [-0.39, 0.29) is 12.6 Å². The molecule has 3 heterocycles.